The molecule has 0 bridgehead atoms. The molecule has 0 aromatic rings. The van der Waals surface area contributed by atoms with Gasteiger partial charge in [-0.1, -0.05) is 65.7 Å². The lowest BCUT2D eigenvalue weighted by Crippen LogP contribution is -2.42. The summed E-state index contributed by atoms with van der Waals surface area (Å²) < 4.78 is 5.42. The second-order valence-corrected chi connectivity index (χ2v) is 7.56. The first-order chi connectivity index (χ1) is 11.5. The second-order valence-electron chi connectivity index (χ2n) is 7.56. The van der Waals surface area contributed by atoms with Gasteiger partial charge < -0.3 is 9.84 Å². The summed E-state index contributed by atoms with van der Waals surface area (Å²) in [5.41, 5.74) is 0. The molecule has 0 amide bonds. The summed E-state index contributed by atoms with van der Waals surface area (Å²) >= 11 is 0. The molecule has 1 rings (SSSR count). The van der Waals surface area contributed by atoms with Crippen LogP contribution >= 0.6 is 0 Å². The van der Waals surface area contributed by atoms with Gasteiger partial charge in [0, 0.05) is 0 Å². The number of carboxylic acid groups (broad SMARTS) is 1. The predicted molar refractivity (Wildman–Crippen MR) is 95.7 cm³/mol. The monoisotopic (exact) mass is 340 g/mol. The maximum atomic E-state index is 12.4. The van der Waals surface area contributed by atoms with Gasteiger partial charge >= 0.3 is 11.9 Å². The Bertz CT molecular complexity index is 380. The van der Waals surface area contributed by atoms with Gasteiger partial charge in [0.25, 0.3) is 0 Å². The lowest BCUT2D eigenvalue weighted by Gasteiger charge is -2.36. The Morgan fingerprint density at radius 3 is 1.92 bits per heavy atom. The van der Waals surface area contributed by atoms with E-state index in [9.17, 15) is 14.7 Å². The van der Waals surface area contributed by atoms with E-state index in [1.165, 1.54) is 38.5 Å². The Morgan fingerprint density at radius 1 is 0.875 bits per heavy atom. The molecule has 4 nitrogen and oxygen atoms in total. The number of carbonyl (C=O) groups excluding carboxylic acids is 1. The highest BCUT2D eigenvalue weighted by Crippen LogP contribution is 2.39. The zero-order valence-electron chi connectivity index (χ0n) is 15.8. The van der Waals surface area contributed by atoms with E-state index in [1.54, 1.807) is 0 Å². The molecule has 140 valence electrons. The van der Waals surface area contributed by atoms with Crippen LogP contribution in [0.1, 0.15) is 85.0 Å². The number of hydrogen-bond donors (Lipinski definition) is 1. The number of carbonyl (C=O) groups is 2. The van der Waals surface area contributed by atoms with Crippen LogP contribution in [-0.4, -0.2) is 23.7 Å². The first kappa shape index (κ1) is 21.0. The summed E-state index contributed by atoms with van der Waals surface area (Å²) in [5, 5.41) is 9.47. The van der Waals surface area contributed by atoms with Gasteiger partial charge in [-0.15, -0.1) is 0 Å². The van der Waals surface area contributed by atoms with Crippen LogP contribution in [-0.2, 0) is 14.3 Å². The van der Waals surface area contributed by atoms with Crippen LogP contribution in [0.4, 0.5) is 0 Å². The highest BCUT2D eigenvalue weighted by Gasteiger charge is 2.44. The van der Waals surface area contributed by atoms with E-state index < -0.39 is 17.8 Å². The van der Waals surface area contributed by atoms with Crippen molar-refractivity contribution in [3.8, 4) is 0 Å². The fraction of sp³-hybridized carbons (Fsp3) is 0.900. The highest BCUT2D eigenvalue weighted by molar-refractivity contribution is 5.81. The van der Waals surface area contributed by atoms with Crippen LogP contribution < -0.4 is 0 Å². The van der Waals surface area contributed by atoms with E-state index in [1.807, 2.05) is 13.8 Å². The first-order valence-corrected chi connectivity index (χ1v) is 9.88. The number of esters is 1. The summed E-state index contributed by atoms with van der Waals surface area (Å²) in [6.07, 6.45) is 11.4. The molecule has 0 aliphatic heterocycles. The van der Waals surface area contributed by atoms with Crippen molar-refractivity contribution < 1.29 is 19.4 Å². The van der Waals surface area contributed by atoms with E-state index in [-0.39, 0.29) is 17.8 Å². The van der Waals surface area contributed by atoms with Crippen molar-refractivity contribution in [3.05, 3.63) is 0 Å². The first-order valence-electron chi connectivity index (χ1n) is 9.88. The van der Waals surface area contributed by atoms with Gasteiger partial charge in [0.15, 0.2) is 0 Å². The number of carboxylic acids is 1. The number of unbranched alkanes of at least 4 members (excludes halogenated alkanes) is 7. The van der Waals surface area contributed by atoms with Gasteiger partial charge in [0.05, 0.1) is 18.4 Å². The van der Waals surface area contributed by atoms with E-state index >= 15 is 0 Å². The molecule has 1 fully saturated rings. The average Bonchev–Trinajstić information content (AvgIpc) is 2.54. The molecule has 1 N–H and O–H groups in total. The number of ether oxygens (including phenoxy) is 1. The van der Waals surface area contributed by atoms with Crippen molar-refractivity contribution in [2.75, 3.05) is 6.61 Å². The summed E-state index contributed by atoms with van der Waals surface area (Å²) in [6, 6.07) is 0. The minimum Gasteiger partial charge on any atom is -0.481 e. The van der Waals surface area contributed by atoms with Gasteiger partial charge in [0.2, 0.25) is 0 Å². The van der Waals surface area contributed by atoms with Crippen LogP contribution in [0.5, 0.6) is 0 Å². The third kappa shape index (κ3) is 6.82. The fourth-order valence-electron chi connectivity index (χ4n) is 3.87. The smallest absolute Gasteiger partial charge is 0.310 e. The fourth-order valence-corrected chi connectivity index (χ4v) is 3.87. The van der Waals surface area contributed by atoms with Crippen LogP contribution in [0.15, 0.2) is 0 Å². The highest BCUT2D eigenvalue weighted by atomic mass is 16.5. The maximum Gasteiger partial charge on any atom is 0.310 e. The molecule has 0 aromatic carbocycles. The minimum atomic E-state index is -0.858. The van der Waals surface area contributed by atoms with E-state index in [2.05, 4.69) is 6.92 Å². The van der Waals surface area contributed by atoms with Gasteiger partial charge in [-0.05, 0) is 31.1 Å². The lowest BCUT2D eigenvalue weighted by molar-refractivity contribution is -0.165. The molecule has 0 saturated heterocycles. The average molecular weight is 341 g/mol. The minimum absolute atomic E-state index is 0.0411. The third-order valence-corrected chi connectivity index (χ3v) is 5.49. The molecule has 0 aromatic heterocycles. The second kappa shape index (κ2) is 11.5. The molecule has 4 atom stereocenters. The van der Waals surface area contributed by atoms with Gasteiger partial charge in [-0.3, -0.25) is 9.59 Å². The molecule has 0 heterocycles. The standard InChI is InChI=1S/C20H36O4/c1-4-5-6-7-8-9-10-11-14-24-20(23)18-16(3)13-12-15(2)17(18)19(21)22/h15-18H,4-14H2,1-3H3,(H,21,22). The molecular weight excluding hydrogens is 304 g/mol. The number of aliphatic carboxylic acids is 1. The zero-order chi connectivity index (χ0) is 17.9. The zero-order valence-corrected chi connectivity index (χ0v) is 15.8. The van der Waals surface area contributed by atoms with Gasteiger partial charge in [-0.2, -0.15) is 0 Å². The summed E-state index contributed by atoms with van der Waals surface area (Å²) in [4.78, 5) is 23.9. The van der Waals surface area contributed by atoms with Crippen LogP contribution in [0.25, 0.3) is 0 Å². The Balaban J connectivity index is 2.26. The van der Waals surface area contributed by atoms with Gasteiger partial charge in [-0.25, -0.2) is 0 Å². The van der Waals surface area contributed by atoms with Crippen LogP contribution in [0.3, 0.4) is 0 Å². The molecule has 1 aliphatic rings. The largest absolute Gasteiger partial charge is 0.481 e. The van der Waals surface area contributed by atoms with Crippen molar-refractivity contribution in [2.24, 2.45) is 23.7 Å². The Kier molecular flexibility index (Phi) is 10.0. The predicted octanol–water partition coefficient (Wildman–Crippen LogP) is 5.05. The summed E-state index contributed by atoms with van der Waals surface area (Å²) in [7, 11) is 0. The normalized spacial score (nSPS) is 27.0. The lowest BCUT2D eigenvalue weighted by atomic mass is 9.67. The van der Waals surface area contributed by atoms with Crippen LogP contribution in [0.2, 0.25) is 0 Å². The third-order valence-electron chi connectivity index (χ3n) is 5.49. The van der Waals surface area contributed by atoms with Gasteiger partial charge in [0.1, 0.15) is 0 Å². The molecular formula is C20H36O4. The molecule has 4 heteroatoms. The maximum absolute atomic E-state index is 12.4. The molecule has 0 spiro atoms. The summed E-state index contributed by atoms with van der Waals surface area (Å²) in [5.74, 6) is -2.11. The SMILES string of the molecule is CCCCCCCCCCOC(=O)C1C(C)CCC(C)C1C(=O)O. The van der Waals surface area contributed by atoms with E-state index in [4.69, 9.17) is 4.74 Å². The van der Waals surface area contributed by atoms with Crippen molar-refractivity contribution in [1.29, 1.82) is 0 Å². The molecule has 1 aliphatic carbocycles. The van der Waals surface area contributed by atoms with Crippen molar-refractivity contribution in [2.45, 2.75) is 85.0 Å². The van der Waals surface area contributed by atoms with Crippen molar-refractivity contribution in [1.82, 2.24) is 0 Å². The molecule has 0 radical (unpaired) electrons. The van der Waals surface area contributed by atoms with E-state index in [0.29, 0.717) is 6.61 Å². The number of rotatable bonds is 11. The quantitative estimate of drug-likeness (QED) is 0.422. The Morgan fingerprint density at radius 2 is 1.38 bits per heavy atom. The van der Waals surface area contributed by atoms with E-state index in [0.717, 1.165) is 25.7 Å². The van der Waals surface area contributed by atoms with Crippen molar-refractivity contribution in [3.63, 3.8) is 0 Å². The summed E-state index contributed by atoms with van der Waals surface area (Å²) in [6.45, 7) is 6.56. The Hall–Kier alpha value is -1.06. The number of hydrogen-bond acceptors (Lipinski definition) is 3. The van der Waals surface area contributed by atoms with Crippen LogP contribution in [0, 0.1) is 23.7 Å². The molecule has 1 saturated carbocycles. The van der Waals surface area contributed by atoms with Crippen molar-refractivity contribution >= 4 is 11.9 Å². The molecule has 4 unspecified atom stereocenters. The Labute approximate surface area is 147 Å². The molecule has 24 heavy (non-hydrogen) atoms. The topological polar surface area (TPSA) is 63.6 Å².